The summed E-state index contributed by atoms with van der Waals surface area (Å²) in [7, 11) is 1.39. The maximum absolute atomic E-state index is 11.5. The van der Waals surface area contributed by atoms with E-state index in [1.54, 1.807) is 6.07 Å². The zero-order chi connectivity index (χ0) is 14.5. The summed E-state index contributed by atoms with van der Waals surface area (Å²) >= 11 is 0. The monoisotopic (exact) mass is 266 g/mol. The summed E-state index contributed by atoms with van der Waals surface area (Å²) in [6, 6.07) is 13.7. The Hall–Kier alpha value is -2.35. The highest BCUT2D eigenvalue weighted by Gasteiger charge is 2.04. The molecule has 0 aliphatic carbocycles. The van der Waals surface area contributed by atoms with Crippen LogP contribution in [0.3, 0.4) is 0 Å². The smallest absolute Gasteiger partial charge is 0.337 e. The molecule has 0 N–H and O–H groups in total. The molecule has 2 nitrogen and oxygen atoms in total. The molecule has 0 aliphatic heterocycles. The second-order valence-electron chi connectivity index (χ2n) is 4.76. The number of hydrogen-bond donors (Lipinski definition) is 0. The molecule has 0 heterocycles. The van der Waals surface area contributed by atoms with Gasteiger partial charge in [-0.15, -0.1) is 0 Å². The quantitative estimate of drug-likeness (QED) is 0.613. The predicted octanol–water partition coefficient (Wildman–Crippen LogP) is 4.26. The number of aryl methyl sites for hydroxylation is 2. The third-order valence-electron chi connectivity index (χ3n) is 3.29. The van der Waals surface area contributed by atoms with Crippen LogP contribution in [0, 0.1) is 13.8 Å². The van der Waals surface area contributed by atoms with Crippen molar-refractivity contribution in [3.8, 4) is 0 Å². The summed E-state index contributed by atoms with van der Waals surface area (Å²) in [6.45, 7) is 4.19. The Bertz CT molecular complexity index is 634. The molecular formula is C18H18O2. The van der Waals surface area contributed by atoms with Gasteiger partial charge in [0.15, 0.2) is 0 Å². The van der Waals surface area contributed by atoms with Gasteiger partial charge in [-0.05, 0) is 48.2 Å². The van der Waals surface area contributed by atoms with Crippen molar-refractivity contribution < 1.29 is 9.53 Å². The molecule has 0 atom stereocenters. The standard InChI is InChI=1S/C18H18O2/c1-13-6-4-7-14(2)17(13)11-10-15-8-5-9-16(12-15)18(19)20-3/h4-12H,1-3H3/b11-10+. The fourth-order valence-corrected chi connectivity index (χ4v) is 2.16. The van der Waals surface area contributed by atoms with Crippen LogP contribution >= 0.6 is 0 Å². The van der Waals surface area contributed by atoms with E-state index in [1.165, 1.54) is 23.8 Å². The Kier molecular flexibility index (Phi) is 4.36. The Morgan fingerprint density at radius 1 is 1.00 bits per heavy atom. The summed E-state index contributed by atoms with van der Waals surface area (Å²) < 4.78 is 4.73. The Morgan fingerprint density at radius 2 is 1.65 bits per heavy atom. The van der Waals surface area contributed by atoms with Crippen molar-refractivity contribution in [3.05, 3.63) is 70.3 Å². The van der Waals surface area contributed by atoms with Gasteiger partial charge in [-0.3, -0.25) is 0 Å². The van der Waals surface area contributed by atoms with Crippen LogP contribution in [0.15, 0.2) is 42.5 Å². The topological polar surface area (TPSA) is 26.3 Å². The second-order valence-corrected chi connectivity index (χ2v) is 4.76. The molecule has 0 fully saturated rings. The van der Waals surface area contributed by atoms with Crippen LogP contribution in [-0.2, 0) is 4.74 Å². The summed E-state index contributed by atoms with van der Waals surface area (Å²) in [6.07, 6.45) is 4.10. The fourth-order valence-electron chi connectivity index (χ4n) is 2.16. The zero-order valence-electron chi connectivity index (χ0n) is 12.0. The highest BCUT2D eigenvalue weighted by molar-refractivity contribution is 5.90. The lowest BCUT2D eigenvalue weighted by molar-refractivity contribution is 0.0600. The van der Waals surface area contributed by atoms with Gasteiger partial charge in [-0.1, -0.05) is 42.5 Å². The largest absolute Gasteiger partial charge is 0.465 e. The van der Waals surface area contributed by atoms with Crippen LogP contribution in [0.25, 0.3) is 12.2 Å². The van der Waals surface area contributed by atoms with Crippen molar-refractivity contribution in [2.24, 2.45) is 0 Å². The molecule has 2 heteroatoms. The third kappa shape index (κ3) is 3.15. The summed E-state index contributed by atoms with van der Waals surface area (Å²) in [5, 5.41) is 0. The van der Waals surface area contributed by atoms with Crippen LogP contribution in [0.5, 0.6) is 0 Å². The molecule has 0 spiro atoms. The van der Waals surface area contributed by atoms with E-state index in [2.05, 4.69) is 38.1 Å². The molecule has 0 amide bonds. The molecule has 0 bridgehead atoms. The number of benzene rings is 2. The molecule has 0 aliphatic rings. The van der Waals surface area contributed by atoms with Gasteiger partial charge in [0, 0.05) is 0 Å². The van der Waals surface area contributed by atoms with Crippen molar-refractivity contribution in [3.63, 3.8) is 0 Å². The molecule has 102 valence electrons. The van der Waals surface area contributed by atoms with Crippen LogP contribution < -0.4 is 0 Å². The van der Waals surface area contributed by atoms with Crippen LogP contribution in [0.2, 0.25) is 0 Å². The van der Waals surface area contributed by atoms with E-state index < -0.39 is 0 Å². The normalized spacial score (nSPS) is 10.8. The SMILES string of the molecule is COC(=O)c1cccc(/C=C/c2c(C)cccc2C)c1. The number of methoxy groups -OCH3 is 1. The van der Waals surface area contributed by atoms with E-state index in [0.29, 0.717) is 5.56 Å². The van der Waals surface area contributed by atoms with Gasteiger partial charge < -0.3 is 4.74 Å². The minimum Gasteiger partial charge on any atom is -0.465 e. The van der Waals surface area contributed by atoms with Gasteiger partial charge in [-0.2, -0.15) is 0 Å². The van der Waals surface area contributed by atoms with Crippen molar-refractivity contribution >= 4 is 18.1 Å². The number of hydrogen-bond acceptors (Lipinski definition) is 2. The fraction of sp³-hybridized carbons (Fsp3) is 0.167. The molecule has 0 saturated carbocycles. The van der Waals surface area contributed by atoms with Gasteiger partial charge in [0.05, 0.1) is 12.7 Å². The molecule has 2 rings (SSSR count). The number of rotatable bonds is 3. The second kappa shape index (κ2) is 6.20. The van der Waals surface area contributed by atoms with Gasteiger partial charge in [0.2, 0.25) is 0 Å². The van der Waals surface area contributed by atoms with Crippen molar-refractivity contribution in [2.75, 3.05) is 7.11 Å². The third-order valence-corrected chi connectivity index (χ3v) is 3.29. The Labute approximate surface area is 119 Å². The molecule has 2 aromatic rings. The first-order valence-electron chi connectivity index (χ1n) is 6.54. The summed E-state index contributed by atoms with van der Waals surface area (Å²) in [4.78, 5) is 11.5. The molecule has 0 unspecified atom stereocenters. The molecule has 2 aromatic carbocycles. The maximum Gasteiger partial charge on any atom is 0.337 e. The Morgan fingerprint density at radius 3 is 2.30 bits per heavy atom. The number of carbonyl (C=O) groups is 1. The Balaban J connectivity index is 2.30. The van der Waals surface area contributed by atoms with E-state index in [1.807, 2.05) is 24.3 Å². The number of ether oxygens (including phenoxy) is 1. The van der Waals surface area contributed by atoms with Crippen LogP contribution in [0.1, 0.15) is 32.6 Å². The summed E-state index contributed by atoms with van der Waals surface area (Å²) in [5.41, 5.74) is 5.25. The number of esters is 1. The lowest BCUT2D eigenvalue weighted by Crippen LogP contribution is -2.00. The van der Waals surface area contributed by atoms with Crippen molar-refractivity contribution in [1.82, 2.24) is 0 Å². The van der Waals surface area contributed by atoms with Gasteiger partial charge >= 0.3 is 5.97 Å². The van der Waals surface area contributed by atoms with Crippen molar-refractivity contribution in [2.45, 2.75) is 13.8 Å². The molecule has 20 heavy (non-hydrogen) atoms. The van der Waals surface area contributed by atoms with Gasteiger partial charge in [0.25, 0.3) is 0 Å². The van der Waals surface area contributed by atoms with E-state index in [-0.39, 0.29) is 5.97 Å². The predicted molar refractivity (Wildman–Crippen MR) is 82.6 cm³/mol. The van der Waals surface area contributed by atoms with Crippen molar-refractivity contribution in [1.29, 1.82) is 0 Å². The highest BCUT2D eigenvalue weighted by atomic mass is 16.5. The maximum atomic E-state index is 11.5. The minimum atomic E-state index is -0.313. The van der Waals surface area contributed by atoms with Gasteiger partial charge in [0.1, 0.15) is 0 Å². The molecule has 0 aromatic heterocycles. The molecular weight excluding hydrogens is 248 g/mol. The number of carbonyl (C=O) groups excluding carboxylic acids is 1. The average molecular weight is 266 g/mol. The van der Waals surface area contributed by atoms with Crippen LogP contribution in [-0.4, -0.2) is 13.1 Å². The van der Waals surface area contributed by atoms with Gasteiger partial charge in [-0.25, -0.2) is 4.79 Å². The zero-order valence-corrected chi connectivity index (χ0v) is 12.0. The van der Waals surface area contributed by atoms with E-state index in [4.69, 9.17) is 4.74 Å². The highest BCUT2D eigenvalue weighted by Crippen LogP contribution is 2.17. The van der Waals surface area contributed by atoms with E-state index in [9.17, 15) is 4.79 Å². The van der Waals surface area contributed by atoms with E-state index >= 15 is 0 Å². The lowest BCUT2D eigenvalue weighted by atomic mass is 10.0. The minimum absolute atomic E-state index is 0.313. The average Bonchev–Trinajstić information content (AvgIpc) is 2.46. The summed E-state index contributed by atoms with van der Waals surface area (Å²) in [5.74, 6) is -0.313. The first-order chi connectivity index (χ1) is 9.61. The lowest BCUT2D eigenvalue weighted by Gasteiger charge is -2.04. The first-order valence-corrected chi connectivity index (χ1v) is 6.54. The van der Waals surface area contributed by atoms with Crippen LogP contribution in [0.4, 0.5) is 0 Å². The molecule has 0 radical (unpaired) electrons. The molecule has 0 saturated heterocycles. The van der Waals surface area contributed by atoms with E-state index in [0.717, 1.165) is 5.56 Å². The first kappa shape index (κ1) is 14.1.